The molecule has 0 fully saturated rings. The Labute approximate surface area is 120 Å². The number of hydrogen-bond donors (Lipinski definition) is 4. The third-order valence-electron chi connectivity index (χ3n) is 3.02. The number of aliphatic hydroxyl groups is 1. The summed E-state index contributed by atoms with van der Waals surface area (Å²) in [7, 11) is 0. The number of carbonyl (C=O) groups excluding carboxylic acids is 1. The zero-order valence-electron chi connectivity index (χ0n) is 12.9. The van der Waals surface area contributed by atoms with E-state index in [0.29, 0.717) is 25.2 Å². The minimum atomic E-state index is -1.30. The van der Waals surface area contributed by atoms with Crippen LogP contribution in [0.2, 0.25) is 0 Å². The number of carbonyl (C=O) groups is 2. The van der Waals surface area contributed by atoms with E-state index in [1.165, 1.54) is 6.92 Å². The van der Waals surface area contributed by atoms with Crippen molar-refractivity contribution in [1.29, 1.82) is 0 Å². The SMILES string of the molecule is CC(O)C(NC(=O)NCCN(C(C)C)C(C)C)C(=O)O. The first-order chi connectivity index (χ1) is 9.16. The Bertz CT molecular complexity index is 311. The summed E-state index contributed by atoms with van der Waals surface area (Å²) in [5.74, 6) is -1.26. The largest absolute Gasteiger partial charge is 0.480 e. The number of rotatable bonds is 8. The second kappa shape index (κ2) is 8.76. The topological polar surface area (TPSA) is 102 Å². The molecule has 0 bridgehead atoms. The Morgan fingerprint density at radius 1 is 1.10 bits per heavy atom. The zero-order valence-corrected chi connectivity index (χ0v) is 12.9. The normalized spacial score (nSPS) is 14.4. The lowest BCUT2D eigenvalue weighted by Crippen LogP contribution is -2.52. The number of aliphatic carboxylic acids is 1. The van der Waals surface area contributed by atoms with Crippen LogP contribution in [0.3, 0.4) is 0 Å². The summed E-state index contributed by atoms with van der Waals surface area (Å²) in [6.07, 6.45) is -1.15. The molecular formula is C13H27N3O4. The van der Waals surface area contributed by atoms with Crippen molar-refractivity contribution < 1.29 is 19.8 Å². The van der Waals surface area contributed by atoms with Crippen LogP contribution in [0.4, 0.5) is 4.79 Å². The quantitative estimate of drug-likeness (QED) is 0.512. The van der Waals surface area contributed by atoms with Gasteiger partial charge in [0, 0.05) is 25.2 Å². The number of carboxylic acids is 1. The summed E-state index contributed by atoms with van der Waals surface area (Å²) in [6.45, 7) is 10.7. The number of hydrogen-bond acceptors (Lipinski definition) is 4. The van der Waals surface area contributed by atoms with Gasteiger partial charge < -0.3 is 20.8 Å². The molecule has 2 amide bonds. The van der Waals surface area contributed by atoms with Crippen molar-refractivity contribution in [2.24, 2.45) is 0 Å². The molecule has 0 saturated carbocycles. The summed E-state index contributed by atoms with van der Waals surface area (Å²) < 4.78 is 0. The van der Waals surface area contributed by atoms with Crippen LogP contribution in [0.25, 0.3) is 0 Å². The number of nitrogens with one attached hydrogen (secondary N) is 2. The van der Waals surface area contributed by atoms with E-state index in [1.807, 2.05) is 0 Å². The van der Waals surface area contributed by atoms with Crippen LogP contribution in [0.5, 0.6) is 0 Å². The average Bonchev–Trinajstić information content (AvgIpc) is 2.29. The highest BCUT2D eigenvalue weighted by molar-refractivity contribution is 5.82. The predicted molar refractivity (Wildman–Crippen MR) is 76.6 cm³/mol. The molecule has 4 N–H and O–H groups in total. The van der Waals surface area contributed by atoms with E-state index in [9.17, 15) is 14.7 Å². The molecule has 0 saturated heterocycles. The summed E-state index contributed by atoms with van der Waals surface area (Å²) in [6, 6.07) is -1.17. The van der Waals surface area contributed by atoms with Crippen LogP contribution >= 0.6 is 0 Å². The number of aliphatic hydroxyl groups excluding tert-OH is 1. The minimum absolute atomic E-state index is 0.365. The fraction of sp³-hybridized carbons (Fsp3) is 0.846. The summed E-state index contributed by atoms with van der Waals surface area (Å²) >= 11 is 0. The van der Waals surface area contributed by atoms with Gasteiger partial charge >= 0.3 is 12.0 Å². The third-order valence-corrected chi connectivity index (χ3v) is 3.02. The predicted octanol–water partition coefficient (Wildman–Crippen LogP) is 0.238. The zero-order chi connectivity index (χ0) is 15.9. The smallest absolute Gasteiger partial charge is 0.328 e. The molecule has 0 aromatic heterocycles. The third kappa shape index (κ3) is 6.72. The molecule has 0 rings (SSSR count). The van der Waals surface area contributed by atoms with Crippen molar-refractivity contribution in [2.75, 3.05) is 13.1 Å². The first-order valence-electron chi connectivity index (χ1n) is 6.87. The Kier molecular flexibility index (Phi) is 8.17. The average molecular weight is 289 g/mol. The van der Waals surface area contributed by atoms with E-state index < -0.39 is 24.1 Å². The Morgan fingerprint density at radius 3 is 1.95 bits per heavy atom. The van der Waals surface area contributed by atoms with Crippen LogP contribution in [0.1, 0.15) is 34.6 Å². The first-order valence-corrected chi connectivity index (χ1v) is 6.87. The van der Waals surface area contributed by atoms with Gasteiger partial charge in [-0.25, -0.2) is 9.59 Å². The van der Waals surface area contributed by atoms with E-state index in [-0.39, 0.29) is 0 Å². The van der Waals surface area contributed by atoms with Gasteiger partial charge in [0.2, 0.25) is 0 Å². The van der Waals surface area contributed by atoms with E-state index in [4.69, 9.17) is 5.11 Å². The van der Waals surface area contributed by atoms with Crippen molar-refractivity contribution in [1.82, 2.24) is 15.5 Å². The van der Waals surface area contributed by atoms with E-state index in [0.717, 1.165) is 0 Å². The lowest BCUT2D eigenvalue weighted by Gasteiger charge is -2.30. The molecule has 0 aromatic carbocycles. The van der Waals surface area contributed by atoms with Crippen LogP contribution in [-0.2, 0) is 4.79 Å². The van der Waals surface area contributed by atoms with Crippen molar-refractivity contribution in [3.8, 4) is 0 Å². The van der Waals surface area contributed by atoms with Gasteiger partial charge in [0.05, 0.1) is 6.10 Å². The Balaban J connectivity index is 4.19. The fourth-order valence-electron chi connectivity index (χ4n) is 1.99. The second-order valence-electron chi connectivity index (χ2n) is 5.38. The summed E-state index contributed by atoms with van der Waals surface area (Å²) in [5, 5.41) is 22.9. The molecule has 20 heavy (non-hydrogen) atoms. The molecule has 0 aliphatic rings. The maximum Gasteiger partial charge on any atom is 0.328 e. The van der Waals surface area contributed by atoms with Crippen molar-refractivity contribution in [2.45, 2.75) is 58.8 Å². The van der Waals surface area contributed by atoms with Crippen LogP contribution < -0.4 is 10.6 Å². The number of carboxylic acid groups (broad SMARTS) is 1. The maximum atomic E-state index is 11.6. The lowest BCUT2D eigenvalue weighted by atomic mass is 10.2. The van der Waals surface area contributed by atoms with E-state index >= 15 is 0 Å². The minimum Gasteiger partial charge on any atom is -0.480 e. The fourth-order valence-corrected chi connectivity index (χ4v) is 1.99. The summed E-state index contributed by atoms with van der Waals surface area (Å²) in [5.41, 5.74) is 0. The van der Waals surface area contributed by atoms with Gasteiger partial charge in [0.1, 0.15) is 0 Å². The molecule has 7 heteroatoms. The number of nitrogens with zero attached hydrogens (tertiary/aromatic N) is 1. The van der Waals surface area contributed by atoms with Gasteiger partial charge in [-0.1, -0.05) is 0 Å². The molecule has 0 aromatic rings. The Morgan fingerprint density at radius 2 is 1.60 bits per heavy atom. The van der Waals surface area contributed by atoms with E-state index in [2.05, 4.69) is 43.2 Å². The summed E-state index contributed by atoms with van der Waals surface area (Å²) in [4.78, 5) is 24.6. The van der Waals surface area contributed by atoms with Crippen LogP contribution in [0.15, 0.2) is 0 Å². The van der Waals surface area contributed by atoms with Gasteiger partial charge in [-0.3, -0.25) is 4.90 Å². The van der Waals surface area contributed by atoms with Gasteiger partial charge in [-0.2, -0.15) is 0 Å². The van der Waals surface area contributed by atoms with Gasteiger partial charge in [-0.05, 0) is 34.6 Å². The van der Waals surface area contributed by atoms with Crippen molar-refractivity contribution >= 4 is 12.0 Å². The number of urea groups is 1. The first kappa shape index (κ1) is 18.7. The molecule has 0 spiro atoms. The van der Waals surface area contributed by atoms with Gasteiger partial charge in [0.15, 0.2) is 6.04 Å². The molecule has 0 heterocycles. The molecule has 0 aliphatic carbocycles. The molecule has 2 unspecified atom stereocenters. The van der Waals surface area contributed by atoms with Gasteiger partial charge in [-0.15, -0.1) is 0 Å². The molecule has 2 atom stereocenters. The monoisotopic (exact) mass is 289 g/mol. The van der Waals surface area contributed by atoms with Crippen molar-refractivity contribution in [3.63, 3.8) is 0 Å². The highest BCUT2D eigenvalue weighted by Crippen LogP contribution is 2.03. The molecular weight excluding hydrogens is 262 g/mol. The molecule has 0 radical (unpaired) electrons. The molecule has 118 valence electrons. The lowest BCUT2D eigenvalue weighted by molar-refractivity contribution is -0.141. The molecule has 7 nitrogen and oxygen atoms in total. The van der Waals surface area contributed by atoms with Crippen molar-refractivity contribution in [3.05, 3.63) is 0 Å². The van der Waals surface area contributed by atoms with Crippen LogP contribution in [0, 0.1) is 0 Å². The van der Waals surface area contributed by atoms with Crippen LogP contribution in [-0.4, -0.2) is 64.4 Å². The van der Waals surface area contributed by atoms with E-state index in [1.54, 1.807) is 0 Å². The maximum absolute atomic E-state index is 11.6. The highest BCUT2D eigenvalue weighted by Gasteiger charge is 2.24. The second-order valence-corrected chi connectivity index (χ2v) is 5.38. The number of amides is 2. The van der Waals surface area contributed by atoms with Gasteiger partial charge in [0.25, 0.3) is 0 Å². The highest BCUT2D eigenvalue weighted by atomic mass is 16.4. The standard InChI is InChI=1S/C13H27N3O4/c1-8(2)16(9(3)4)7-6-14-13(20)15-11(10(5)17)12(18)19/h8-11,17H,6-7H2,1-5H3,(H,18,19)(H2,14,15,20). The Hall–Kier alpha value is -1.34. The molecule has 0 aliphatic heterocycles.